The standard InChI is InChI=1S/C10H23NO.C2H6/c1-5-7-11(6-2)8-10(3)9-12-4;1-2/h10H,5-9H2,1-4H3;1-2H3. The first-order chi connectivity index (χ1) is 6.74. The van der Waals surface area contributed by atoms with Crippen LogP contribution < -0.4 is 0 Å². The highest BCUT2D eigenvalue weighted by Crippen LogP contribution is 2.00. The van der Waals surface area contributed by atoms with E-state index < -0.39 is 0 Å². The van der Waals surface area contributed by atoms with E-state index in [2.05, 4.69) is 25.7 Å². The van der Waals surface area contributed by atoms with E-state index in [0.717, 1.165) is 19.7 Å². The first-order valence-electron chi connectivity index (χ1n) is 5.95. The van der Waals surface area contributed by atoms with Gasteiger partial charge in [0.15, 0.2) is 0 Å². The second-order valence-electron chi connectivity index (χ2n) is 3.45. The molecule has 88 valence electrons. The third kappa shape index (κ3) is 10.0. The number of methoxy groups -OCH3 is 1. The summed E-state index contributed by atoms with van der Waals surface area (Å²) >= 11 is 0. The topological polar surface area (TPSA) is 12.5 Å². The second-order valence-corrected chi connectivity index (χ2v) is 3.45. The van der Waals surface area contributed by atoms with Gasteiger partial charge in [0.2, 0.25) is 0 Å². The Labute approximate surface area is 90.6 Å². The number of ether oxygens (including phenoxy) is 1. The largest absolute Gasteiger partial charge is 0.384 e. The van der Waals surface area contributed by atoms with Gasteiger partial charge in [0.1, 0.15) is 0 Å². The van der Waals surface area contributed by atoms with E-state index in [1.54, 1.807) is 7.11 Å². The highest BCUT2D eigenvalue weighted by atomic mass is 16.5. The fourth-order valence-electron chi connectivity index (χ4n) is 1.47. The van der Waals surface area contributed by atoms with Crippen molar-refractivity contribution in [2.45, 2.75) is 41.0 Å². The highest BCUT2D eigenvalue weighted by molar-refractivity contribution is 4.59. The van der Waals surface area contributed by atoms with Crippen LogP contribution in [0.4, 0.5) is 0 Å². The average molecular weight is 203 g/mol. The van der Waals surface area contributed by atoms with Gasteiger partial charge in [-0.05, 0) is 25.4 Å². The number of hydrogen-bond acceptors (Lipinski definition) is 2. The van der Waals surface area contributed by atoms with Crippen molar-refractivity contribution in [2.75, 3.05) is 33.4 Å². The van der Waals surface area contributed by atoms with Crippen molar-refractivity contribution < 1.29 is 4.74 Å². The molecule has 0 aromatic heterocycles. The molecule has 0 aliphatic heterocycles. The molecule has 0 amide bonds. The van der Waals surface area contributed by atoms with Crippen LogP contribution in [0.3, 0.4) is 0 Å². The van der Waals surface area contributed by atoms with Crippen LogP contribution in [-0.2, 0) is 4.74 Å². The molecule has 0 aliphatic carbocycles. The Morgan fingerprint density at radius 2 is 1.79 bits per heavy atom. The molecule has 2 heteroatoms. The van der Waals surface area contributed by atoms with Gasteiger partial charge in [-0.1, -0.05) is 34.6 Å². The SMILES string of the molecule is CC.CCCN(CC)CC(C)COC. The minimum absolute atomic E-state index is 0.654. The number of nitrogens with zero attached hydrogens (tertiary/aromatic N) is 1. The van der Waals surface area contributed by atoms with Crippen LogP contribution in [0.15, 0.2) is 0 Å². The zero-order chi connectivity index (χ0) is 11.4. The summed E-state index contributed by atoms with van der Waals surface area (Å²) in [6.07, 6.45) is 1.24. The zero-order valence-electron chi connectivity index (χ0n) is 11.0. The van der Waals surface area contributed by atoms with Gasteiger partial charge < -0.3 is 9.64 Å². The lowest BCUT2D eigenvalue weighted by Gasteiger charge is -2.23. The Hall–Kier alpha value is -0.0800. The van der Waals surface area contributed by atoms with Crippen molar-refractivity contribution in [1.82, 2.24) is 4.90 Å². The Morgan fingerprint density at radius 3 is 2.14 bits per heavy atom. The smallest absolute Gasteiger partial charge is 0.0500 e. The van der Waals surface area contributed by atoms with Gasteiger partial charge in [-0.3, -0.25) is 0 Å². The van der Waals surface area contributed by atoms with Crippen LogP contribution in [0, 0.1) is 5.92 Å². The molecule has 2 nitrogen and oxygen atoms in total. The quantitative estimate of drug-likeness (QED) is 0.630. The van der Waals surface area contributed by atoms with E-state index in [1.165, 1.54) is 13.0 Å². The normalized spacial score (nSPS) is 12.2. The molecule has 0 heterocycles. The predicted molar refractivity (Wildman–Crippen MR) is 64.8 cm³/mol. The van der Waals surface area contributed by atoms with E-state index >= 15 is 0 Å². The van der Waals surface area contributed by atoms with Gasteiger partial charge >= 0.3 is 0 Å². The molecule has 0 rings (SSSR count). The average Bonchev–Trinajstić information content (AvgIpc) is 2.20. The van der Waals surface area contributed by atoms with Gasteiger partial charge in [-0.15, -0.1) is 0 Å². The van der Waals surface area contributed by atoms with Crippen LogP contribution in [0.1, 0.15) is 41.0 Å². The van der Waals surface area contributed by atoms with Gasteiger partial charge in [-0.2, -0.15) is 0 Å². The molecular formula is C12H29NO. The summed E-state index contributed by atoms with van der Waals surface area (Å²) < 4.78 is 5.10. The Bertz CT molecular complexity index is 96.3. The lowest BCUT2D eigenvalue weighted by Crippen LogP contribution is -2.30. The van der Waals surface area contributed by atoms with Crippen LogP contribution in [0.2, 0.25) is 0 Å². The fourth-order valence-corrected chi connectivity index (χ4v) is 1.47. The monoisotopic (exact) mass is 203 g/mol. The molecular weight excluding hydrogens is 174 g/mol. The summed E-state index contributed by atoms with van der Waals surface area (Å²) in [7, 11) is 1.77. The van der Waals surface area contributed by atoms with Crippen LogP contribution in [0.5, 0.6) is 0 Å². The molecule has 0 N–H and O–H groups in total. The van der Waals surface area contributed by atoms with Crippen molar-refractivity contribution in [3.8, 4) is 0 Å². The van der Waals surface area contributed by atoms with Gasteiger partial charge in [-0.25, -0.2) is 0 Å². The van der Waals surface area contributed by atoms with Crippen LogP contribution in [0.25, 0.3) is 0 Å². The van der Waals surface area contributed by atoms with E-state index in [-0.39, 0.29) is 0 Å². The maximum atomic E-state index is 5.10. The van der Waals surface area contributed by atoms with Crippen LogP contribution in [-0.4, -0.2) is 38.3 Å². The minimum atomic E-state index is 0.654. The molecule has 0 bridgehead atoms. The number of rotatable bonds is 7. The molecule has 0 aromatic rings. The Morgan fingerprint density at radius 1 is 1.21 bits per heavy atom. The fraction of sp³-hybridized carbons (Fsp3) is 1.00. The maximum absolute atomic E-state index is 5.10. The van der Waals surface area contributed by atoms with Crippen molar-refractivity contribution in [3.63, 3.8) is 0 Å². The Balaban J connectivity index is 0. The highest BCUT2D eigenvalue weighted by Gasteiger charge is 2.06. The van der Waals surface area contributed by atoms with Crippen LogP contribution >= 0.6 is 0 Å². The molecule has 0 aromatic carbocycles. The first-order valence-corrected chi connectivity index (χ1v) is 5.95. The van der Waals surface area contributed by atoms with E-state index in [1.807, 2.05) is 13.8 Å². The van der Waals surface area contributed by atoms with Gasteiger partial charge in [0, 0.05) is 20.3 Å². The summed E-state index contributed by atoms with van der Waals surface area (Å²) in [5.41, 5.74) is 0. The second kappa shape index (κ2) is 12.9. The van der Waals surface area contributed by atoms with E-state index in [4.69, 9.17) is 4.74 Å². The third-order valence-electron chi connectivity index (χ3n) is 2.01. The van der Waals surface area contributed by atoms with Crippen molar-refractivity contribution in [2.24, 2.45) is 5.92 Å². The minimum Gasteiger partial charge on any atom is -0.384 e. The molecule has 0 saturated carbocycles. The first kappa shape index (κ1) is 16.4. The molecule has 0 fully saturated rings. The maximum Gasteiger partial charge on any atom is 0.0500 e. The molecule has 0 saturated heterocycles. The van der Waals surface area contributed by atoms with Gasteiger partial charge in [0.25, 0.3) is 0 Å². The lowest BCUT2D eigenvalue weighted by molar-refractivity contribution is 0.131. The molecule has 14 heavy (non-hydrogen) atoms. The summed E-state index contributed by atoms with van der Waals surface area (Å²) in [6.45, 7) is 15.1. The summed E-state index contributed by atoms with van der Waals surface area (Å²) in [5.74, 6) is 0.654. The van der Waals surface area contributed by atoms with Crippen molar-refractivity contribution >= 4 is 0 Å². The molecule has 1 unspecified atom stereocenters. The summed E-state index contributed by atoms with van der Waals surface area (Å²) in [5, 5.41) is 0. The lowest BCUT2D eigenvalue weighted by atomic mass is 10.2. The molecule has 0 spiro atoms. The summed E-state index contributed by atoms with van der Waals surface area (Å²) in [6, 6.07) is 0. The van der Waals surface area contributed by atoms with E-state index in [0.29, 0.717) is 5.92 Å². The third-order valence-corrected chi connectivity index (χ3v) is 2.01. The Kier molecular flexibility index (Phi) is 15.1. The zero-order valence-corrected chi connectivity index (χ0v) is 11.0. The van der Waals surface area contributed by atoms with Crippen molar-refractivity contribution in [1.29, 1.82) is 0 Å². The molecule has 0 radical (unpaired) electrons. The van der Waals surface area contributed by atoms with Crippen molar-refractivity contribution in [3.05, 3.63) is 0 Å². The molecule has 0 aliphatic rings. The predicted octanol–water partition coefficient (Wildman–Crippen LogP) is 3.03. The van der Waals surface area contributed by atoms with Gasteiger partial charge in [0.05, 0.1) is 0 Å². The molecule has 1 atom stereocenters. The summed E-state index contributed by atoms with van der Waals surface area (Å²) in [4.78, 5) is 2.48. The van der Waals surface area contributed by atoms with E-state index in [9.17, 15) is 0 Å². The number of hydrogen-bond donors (Lipinski definition) is 0.